The van der Waals surface area contributed by atoms with E-state index in [1.54, 1.807) is 52.7 Å². The van der Waals surface area contributed by atoms with Crippen LogP contribution < -0.4 is 32.3 Å². The van der Waals surface area contributed by atoms with Gasteiger partial charge in [-0.15, -0.1) is 0 Å². The van der Waals surface area contributed by atoms with Gasteiger partial charge in [-0.25, -0.2) is 0 Å². The largest absolute Gasteiger partial charge is 0.530 e. The molecule has 3 unspecified atom stereocenters. The molecule has 0 spiro atoms. The number of rotatable bonds is 14. The van der Waals surface area contributed by atoms with E-state index < -0.39 is 17.0 Å². The van der Waals surface area contributed by atoms with Crippen LogP contribution in [0.4, 0.5) is 0 Å². The number of fused-ring (bicyclic) bond motifs is 2. The Balaban J connectivity index is 0.000000538. The Labute approximate surface area is 336 Å². The van der Waals surface area contributed by atoms with E-state index in [2.05, 4.69) is 6.92 Å². The van der Waals surface area contributed by atoms with Gasteiger partial charge in [0.2, 0.25) is 5.78 Å². The van der Waals surface area contributed by atoms with Crippen LogP contribution in [0.2, 0.25) is 0 Å². The molecule has 0 N–H and O–H groups in total. The van der Waals surface area contributed by atoms with Gasteiger partial charge in [0.15, 0.2) is 34.5 Å². The van der Waals surface area contributed by atoms with Crippen molar-refractivity contribution >= 4 is 22.8 Å². The molecule has 2 aliphatic rings. The monoisotopic (exact) mass is 808 g/mol. The first-order valence-corrected chi connectivity index (χ1v) is 21.0. The van der Waals surface area contributed by atoms with E-state index in [4.69, 9.17) is 41.6 Å². The number of hydrogen-bond acceptors (Lipinski definition) is 10. The molecule has 0 saturated carbocycles. The Morgan fingerprint density at radius 1 is 0.526 bits per heavy atom. The van der Waals surface area contributed by atoms with Crippen LogP contribution in [-0.4, -0.2) is 40.9 Å². The molecule has 0 amide bonds. The molecule has 2 aliphatic carbocycles. The van der Waals surface area contributed by atoms with Crippen molar-refractivity contribution in [2.45, 2.75) is 26.7 Å². The molecule has 5 aromatic carbocycles. The summed E-state index contributed by atoms with van der Waals surface area (Å²) in [5.41, 5.74) is 3.73. The minimum atomic E-state index is -2.14. The third-order valence-corrected chi connectivity index (χ3v) is 11.0. The van der Waals surface area contributed by atoms with Crippen LogP contribution in [0, 0.1) is 12.8 Å². The van der Waals surface area contributed by atoms with Crippen molar-refractivity contribution in [2.75, 3.05) is 35.1 Å². The second-order valence-corrected chi connectivity index (χ2v) is 15.2. The summed E-state index contributed by atoms with van der Waals surface area (Å²) in [6.07, 6.45) is 5.22. The summed E-state index contributed by atoms with van der Waals surface area (Å²) in [4.78, 5) is 14.4. The van der Waals surface area contributed by atoms with Gasteiger partial charge in [0.1, 0.15) is 17.2 Å². The van der Waals surface area contributed by atoms with E-state index in [1.807, 2.05) is 111 Å². The quantitative estimate of drug-likeness (QED) is 0.0989. The maximum Gasteiger partial charge on any atom is 0.530 e. The van der Waals surface area contributed by atoms with E-state index in [9.17, 15) is 4.79 Å². The van der Waals surface area contributed by atoms with Gasteiger partial charge < -0.3 is 41.6 Å². The topological polar surface area (TPSA) is 100 Å². The van der Waals surface area contributed by atoms with Gasteiger partial charge in [-0.2, -0.15) is 0 Å². The van der Waals surface area contributed by atoms with E-state index >= 15 is 0 Å². The highest BCUT2D eigenvalue weighted by Crippen LogP contribution is 2.50. The molecule has 0 radical (unpaired) electrons. The number of para-hydroxylation sites is 5. The molecule has 0 saturated heterocycles. The third-order valence-electron chi connectivity index (χ3n) is 9.06. The molecule has 5 aromatic rings. The van der Waals surface area contributed by atoms with Gasteiger partial charge in [-0.05, 0) is 97.0 Å². The Morgan fingerprint density at radius 3 is 1.54 bits per heavy atom. The highest BCUT2D eigenvalue weighted by molar-refractivity contribution is 7.47. The van der Waals surface area contributed by atoms with Crippen molar-refractivity contribution in [3.63, 3.8) is 0 Å². The van der Waals surface area contributed by atoms with Crippen LogP contribution in [0.15, 0.2) is 133 Å². The minimum absolute atomic E-state index is 0.228. The highest BCUT2D eigenvalue weighted by Gasteiger charge is 2.34. The molecule has 0 aliphatic heterocycles. The van der Waals surface area contributed by atoms with E-state index in [-0.39, 0.29) is 11.7 Å². The number of ether oxygens (including phenoxy) is 4. The first-order chi connectivity index (χ1) is 27.7. The Hall–Kier alpha value is -5.69. The first kappa shape index (κ1) is 41.0. The van der Waals surface area contributed by atoms with Crippen LogP contribution in [-0.2, 0) is 15.7 Å². The molecule has 57 heavy (non-hydrogen) atoms. The number of carbonyl (C=O) groups excluding carboxylic acids is 1. The first-order valence-electron chi connectivity index (χ1n) is 18.3. The van der Waals surface area contributed by atoms with Gasteiger partial charge in [0.05, 0.1) is 39.6 Å². The number of allylic oxidation sites excluding steroid dienone is 2. The van der Waals surface area contributed by atoms with Crippen LogP contribution in [0.3, 0.4) is 0 Å². The Morgan fingerprint density at radius 2 is 1.00 bits per heavy atom. The van der Waals surface area contributed by atoms with Gasteiger partial charge in [0, 0.05) is 6.66 Å². The van der Waals surface area contributed by atoms with Crippen LogP contribution >= 0.6 is 17.0 Å². The second kappa shape index (κ2) is 19.4. The van der Waals surface area contributed by atoms with Crippen molar-refractivity contribution in [3.8, 4) is 40.2 Å². The highest BCUT2D eigenvalue weighted by atomic mass is 31.2. The maximum atomic E-state index is 14.4. The normalized spacial score (nSPS) is 15.1. The smallest absolute Gasteiger partial charge is 0.496 e. The molecule has 0 heterocycles. The molecule has 3 atom stereocenters. The molecule has 12 heteroatoms. The van der Waals surface area contributed by atoms with Crippen molar-refractivity contribution in [3.05, 3.63) is 161 Å². The maximum absolute atomic E-state index is 14.4. The SMILES string of the molecule is COC1=CC(C)CC=C1OP(Oc1ccccc1OC)Oc1cccc2c1C(=O)c1c(cccc1OP(C)Oc1ccccc1OC)C2.COc1ccccc1C. The Kier molecular flexibility index (Phi) is 14.0. The van der Waals surface area contributed by atoms with Crippen molar-refractivity contribution < 1.29 is 46.4 Å². The number of benzene rings is 5. The average Bonchev–Trinajstić information content (AvgIpc) is 3.22. The lowest BCUT2D eigenvalue weighted by atomic mass is 9.84. The minimum Gasteiger partial charge on any atom is -0.496 e. The number of hydrogen-bond donors (Lipinski definition) is 0. The molecular weight excluding hydrogens is 762 g/mol. The molecule has 296 valence electrons. The molecule has 7 rings (SSSR count). The van der Waals surface area contributed by atoms with Crippen LogP contribution in [0.5, 0.6) is 40.2 Å². The number of carbonyl (C=O) groups is 1. The zero-order valence-electron chi connectivity index (χ0n) is 33.0. The second-order valence-electron chi connectivity index (χ2n) is 13.0. The molecule has 0 aromatic heterocycles. The summed E-state index contributed by atoms with van der Waals surface area (Å²) in [7, 11) is 2.82. The predicted octanol–water partition coefficient (Wildman–Crippen LogP) is 11.4. The van der Waals surface area contributed by atoms with Gasteiger partial charge in [-0.1, -0.05) is 73.7 Å². The van der Waals surface area contributed by atoms with E-state index in [0.717, 1.165) is 23.3 Å². The summed E-state index contributed by atoms with van der Waals surface area (Å²) >= 11 is 0. The lowest BCUT2D eigenvalue weighted by molar-refractivity contribution is 0.103. The zero-order valence-corrected chi connectivity index (χ0v) is 34.8. The molecule has 10 nitrogen and oxygen atoms in total. The van der Waals surface area contributed by atoms with E-state index in [0.29, 0.717) is 63.6 Å². The standard InChI is InChI=1S/C37H36O9P2.C8H10O/c1-24-20-21-31(34(22-24)41-4)45-48(44-30-17-9-7-15-28(30)40-3)46-33-19-11-13-26-23-25-12-10-18-32(35(25)37(38)36(26)33)43-47(5)42-29-16-8-6-14-27(29)39-2;1-7-5-3-4-6-8(7)9-2/h6-19,21-22,24H,20,23H2,1-5H3;3-6H,1-2H3. The zero-order chi connectivity index (χ0) is 40.3. The van der Waals surface area contributed by atoms with Crippen molar-refractivity contribution in [1.82, 2.24) is 0 Å². The van der Waals surface area contributed by atoms with Crippen LogP contribution in [0.1, 0.15) is 46.0 Å². The summed E-state index contributed by atoms with van der Waals surface area (Å²) in [5.74, 6) is 4.96. The number of methoxy groups -OCH3 is 4. The molecule has 0 bridgehead atoms. The Bertz CT molecular complexity index is 2240. The summed E-state index contributed by atoms with van der Waals surface area (Å²) in [6, 6.07) is 33.7. The number of aryl methyl sites for hydroxylation is 1. The van der Waals surface area contributed by atoms with Crippen LogP contribution in [0.25, 0.3) is 0 Å². The van der Waals surface area contributed by atoms with Gasteiger partial charge in [0.25, 0.3) is 8.38 Å². The number of ketones is 1. The third kappa shape index (κ3) is 10.0. The lowest BCUT2D eigenvalue weighted by Crippen LogP contribution is -2.18. The fourth-order valence-corrected chi connectivity index (χ4v) is 8.22. The predicted molar refractivity (Wildman–Crippen MR) is 223 cm³/mol. The summed E-state index contributed by atoms with van der Waals surface area (Å²) in [6.45, 7) is 5.96. The fraction of sp³-hybridized carbons (Fsp3) is 0.222. The van der Waals surface area contributed by atoms with Gasteiger partial charge >= 0.3 is 8.60 Å². The van der Waals surface area contributed by atoms with Gasteiger partial charge in [-0.3, -0.25) is 4.79 Å². The van der Waals surface area contributed by atoms with Crippen molar-refractivity contribution in [2.24, 2.45) is 5.92 Å². The summed E-state index contributed by atoms with van der Waals surface area (Å²) < 4.78 is 53.2. The lowest BCUT2D eigenvalue weighted by Gasteiger charge is -2.26. The molecular formula is C45H46O10P2. The summed E-state index contributed by atoms with van der Waals surface area (Å²) in [5, 5.41) is 0. The van der Waals surface area contributed by atoms with Crippen molar-refractivity contribution in [1.29, 1.82) is 0 Å². The molecule has 0 fully saturated rings. The fourth-order valence-electron chi connectivity index (χ4n) is 6.26. The van der Waals surface area contributed by atoms with E-state index in [1.165, 1.54) is 5.56 Å². The average molecular weight is 809 g/mol.